The maximum atomic E-state index is 12.7. The SMILES string of the molecule is CC1=NNC(=O)C1n1c2ccccc2c(=O)c2ccccc21. The molecule has 0 saturated heterocycles. The Morgan fingerprint density at radius 2 is 1.50 bits per heavy atom. The molecule has 1 unspecified atom stereocenters. The van der Waals surface area contributed by atoms with Crippen molar-refractivity contribution < 1.29 is 4.79 Å². The van der Waals surface area contributed by atoms with Crippen molar-refractivity contribution in [3.05, 3.63) is 58.8 Å². The number of hydrogen-bond donors (Lipinski definition) is 1. The maximum Gasteiger partial charge on any atom is 0.269 e. The quantitative estimate of drug-likeness (QED) is 0.699. The van der Waals surface area contributed by atoms with Crippen LogP contribution in [0.3, 0.4) is 0 Å². The molecule has 1 aliphatic rings. The van der Waals surface area contributed by atoms with Crippen LogP contribution in [0.1, 0.15) is 13.0 Å². The van der Waals surface area contributed by atoms with E-state index >= 15 is 0 Å². The van der Waals surface area contributed by atoms with Crippen molar-refractivity contribution in [2.45, 2.75) is 13.0 Å². The van der Waals surface area contributed by atoms with Crippen LogP contribution >= 0.6 is 0 Å². The molecule has 0 spiro atoms. The Bertz CT molecular complexity index is 957. The van der Waals surface area contributed by atoms with Crippen molar-refractivity contribution in [3.63, 3.8) is 0 Å². The molecule has 0 bridgehead atoms. The number of carbonyl (C=O) groups is 1. The van der Waals surface area contributed by atoms with Crippen molar-refractivity contribution in [1.29, 1.82) is 0 Å². The van der Waals surface area contributed by atoms with E-state index in [1.807, 2.05) is 47.9 Å². The molecular formula is C17H13N3O2. The van der Waals surface area contributed by atoms with Crippen LogP contribution in [0.4, 0.5) is 0 Å². The van der Waals surface area contributed by atoms with Gasteiger partial charge in [-0.25, -0.2) is 5.43 Å². The van der Waals surface area contributed by atoms with Crippen LogP contribution in [0.5, 0.6) is 0 Å². The molecule has 5 heteroatoms. The Balaban J connectivity index is 2.24. The molecule has 2 aromatic carbocycles. The van der Waals surface area contributed by atoms with Gasteiger partial charge in [0.15, 0.2) is 11.5 Å². The van der Waals surface area contributed by atoms with Gasteiger partial charge in [-0.1, -0.05) is 24.3 Å². The van der Waals surface area contributed by atoms with Gasteiger partial charge in [0.05, 0.1) is 16.7 Å². The lowest BCUT2D eigenvalue weighted by Crippen LogP contribution is -2.28. The summed E-state index contributed by atoms with van der Waals surface area (Å²) in [7, 11) is 0. The Hall–Kier alpha value is -2.95. The minimum atomic E-state index is -0.532. The molecule has 1 amide bonds. The number of nitrogens with zero attached hydrogens (tertiary/aromatic N) is 2. The predicted octanol–water partition coefficient (Wildman–Crippen LogP) is 2.20. The van der Waals surface area contributed by atoms with Gasteiger partial charge in [-0.05, 0) is 31.2 Å². The summed E-state index contributed by atoms with van der Waals surface area (Å²) in [6, 6.07) is 14.2. The van der Waals surface area contributed by atoms with Crippen molar-refractivity contribution in [2.75, 3.05) is 0 Å². The fraction of sp³-hybridized carbons (Fsp3) is 0.118. The van der Waals surface area contributed by atoms with E-state index in [1.54, 1.807) is 12.1 Å². The summed E-state index contributed by atoms with van der Waals surface area (Å²) in [4.78, 5) is 24.9. The van der Waals surface area contributed by atoms with Gasteiger partial charge in [-0.3, -0.25) is 9.59 Å². The summed E-state index contributed by atoms with van der Waals surface area (Å²) in [6.45, 7) is 1.81. The first-order valence-electron chi connectivity index (χ1n) is 7.04. The zero-order chi connectivity index (χ0) is 15.3. The summed E-state index contributed by atoms with van der Waals surface area (Å²) in [5.41, 5.74) is 4.66. The van der Waals surface area contributed by atoms with E-state index in [2.05, 4.69) is 10.5 Å². The molecular weight excluding hydrogens is 278 g/mol. The van der Waals surface area contributed by atoms with Crippen LogP contribution < -0.4 is 10.9 Å². The number of rotatable bonds is 1. The lowest BCUT2D eigenvalue weighted by molar-refractivity contribution is -0.121. The highest BCUT2D eigenvalue weighted by Crippen LogP contribution is 2.26. The molecule has 2 heterocycles. The molecule has 108 valence electrons. The molecule has 4 rings (SSSR count). The van der Waals surface area contributed by atoms with Crippen LogP contribution in [0.25, 0.3) is 21.8 Å². The second-order valence-corrected chi connectivity index (χ2v) is 5.37. The molecule has 0 fully saturated rings. The number of hydrazone groups is 1. The first-order chi connectivity index (χ1) is 10.7. The number of hydrogen-bond acceptors (Lipinski definition) is 3. The summed E-state index contributed by atoms with van der Waals surface area (Å²) < 4.78 is 1.90. The summed E-state index contributed by atoms with van der Waals surface area (Å²) in [6.07, 6.45) is 0. The summed E-state index contributed by atoms with van der Waals surface area (Å²) >= 11 is 0. The second-order valence-electron chi connectivity index (χ2n) is 5.37. The Labute approximate surface area is 125 Å². The minimum Gasteiger partial charge on any atom is -0.322 e. The molecule has 5 nitrogen and oxygen atoms in total. The molecule has 0 aliphatic carbocycles. The van der Waals surface area contributed by atoms with Gasteiger partial charge in [0, 0.05) is 10.8 Å². The normalized spacial score (nSPS) is 17.8. The Kier molecular flexibility index (Phi) is 2.63. The molecule has 0 radical (unpaired) electrons. The highest BCUT2D eigenvalue weighted by molar-refractivity contribution is 6.11. The van der Waals surface area contributed by atoms with Gasteiger partial charge in [-0.15, -0.1) is 0 Å². The number of benzene rings is 2. The van der Waals surface area contributed by atoms with E-state index in [1.165, 1.54) is 0 Å². The number of para-hydroxylation sites is 2. The largest absolute Gasteiger partial charge is 0.322 e. The van der Waals surface area contributed by atoms with E-state index < -0.39 is 6.04 Å². The van der Waals surface area contributed by atoms with Crippen LogP contribution in [0.15, 0.2) is 58.4 Å². The number of carbonyl (C=O) groups excluding carboxylic acids is 1. The molecule has 1 aromatic heterocycles. The van der Waals surface area contributed by atoms with Crippen molar-refractivity contribution >= 4 is 33.4 Å². The van der Waals surface area contributed by atoms with E-state index in [4.69, 9.17) is 0 Å². The standard InChI is InChI=1S/C17H13N3O2/c1-10-15(17(22)19-18-10)20-13-8-4-2-6-11(13)16(21)12-7-3-5-9-14(12)20/h2-9,15H,1H3,(H,19,22). The molecule has 0 saturated carbocycles. The number of pyridine rings is 1. The van der Waals surface area contributed by atoms with Crippen LogP contribution in [-0.2, 0) is 4.79 Å². The van der Waals surface area contributed by atoms with Crippen molar-refractivity contribution in [2.24, 2.45) is 5.10 Å². The first-order valence-corrected chi connectivity index (χ1v) is 7.04. The smallest absolute Gasteiger partial charge is 0.269 e. The highest BCUT2D eigenvalue weighted by Gasteiger charge is 2.30. The van der Waals surface area contributed by atoms with Crippen LogP contribution in [-0.4, -0.2) is 16.2 Å². The lowest BCUT2D eigenvalue weighted by Gasteiger charge is -2.19. The second kappa shape index (κ2) is 4.53. The van der Waals surface area contributed by atoms with Gasteiger partial charge in [0.25, 0.3) is 5.91 Å². The summed E-state index contributed by atoms with van der Waals surface area (Å²) in [5, 5.41) is 5.24. The lowest BCUT2D eigenvalue weighted by atomic mass is 10.1. The average Bonchev–Trinajstić information content (AvgIpc) is 2.88. The van der Waals surface area contributed by atoms with Crippen molar-refractivity contribution in [3.8, 4) is 0 Å². The number of aromatic nitrogens is 1. The zero-order valence-electron chi connectivity index (χ0n) is 11.9. The minimum absolute atomic E-state index is 0.0181. The molecule has 22 heavy (non-hydrogen) atoms. The maximum absolute atomic E-state index is 12.7. The zero-order valence-corrected chi connectivity index (χ0v) is 11.9. The third-order valence-electron chi connectivity index (χ3n) is 4.06. The highest BCUT2D eigenvalue weighted by atomic mass is 16.2. The topological polar surface area (TPSA) is 63.5 Å². The fourth-order valence-corrected chi connectivity index (χ4v) is 3.06. The monoisotopic (exact) mass is 291 g/mol. The van der Waals surface area contributed by atoms with E-state index in [-0.39, 0.29) is 11.3 Å². The Morgan fingerprint density at radius 3 is 2.00 bits per heavy atom. The van der Waals surface area contributed by atoms with Gasteiger partial charge in [0.2, 0.25) is 0 Å². The van der Waals surface area contributed by atoms with Crippen LogP contribution in [0, 0.1) is 0 Å². The van der Waals surface area contributed by atoms with Gasteiger partial charge < -0.3 is 4.57 Å². The molecule has 1 N–H and O–H groups in total. The molecule has 1 atom stereocenters. The van der Waals surface area contributed by atoms with E-state index in [0.29, 0.717) is 16.5 Å². The molecule has 3 aromatic rings. The number of fused-ring (bicyclic) bond motifs is 2. The predicted molar refractivity (Wildman–Crippen MR) is 86.0 cm³/mol. The fourth-order valence-electron chi connectivity index (χ4n) is 3.06. The van der Waals surface area contributed by atoms with Gasteiger partial charge in [0.1, 0.15) is 0 Å². The molecule has 1 aliphatic heterocycles. The number of amides is 1. The van der Waals surface area contributed by atoms with E-state index in [0.717, 1.165) is 11.0 Å². The number of nitrogens with one attached hydrogen (secondary N) is 1. The third kappa shape index (κ3) is 1.62. The van der Waals surface area contributed by atoms with Crippen molar-refractivity contribution in [1.82, 2.24) is 9.99 Å². The Morgan fingerprint density at radius 1 is 0.955 bits per heavy atom. The van der Waals surface area contributed by atoms with Gasteiger partial charge in [-0.2, -0.15) is 5.10 Å². The van der Waals surface area contributed by atoms with Gasteiger partial charge >= 0.3 is 0 Å². The average molecular weight is 291 g/mol. The third-order valence-corrected chi connectivity index (χ3v) is 4.06. The summed E-state index contributed by atoms with van der Waals surface area (Å²) in [5.74, 6) is -0.184. The van der Waals surface area contributed by atoms with E-state index in [9.17, 15) is 9.59 Å². The first kappa shape index (κ1) is 12.8. The van der Waals surface area contributed by atoms with Crippen LogP contribution in [0.2, 0.25) is 0 Å².